The van der Waals surface area contributed by atoms with Crippen LogP contribution < -0.4 is 10.1 Å². The number of hydrogen-bond acceptors (Lipinski definition) is 5. The van der Waals surface area contributed by atoms with Crippen LogP contribution in [0.1, 0.15) is 17.5 Å². The van der Waals surface area contributed by atoms with E-state index in [2.05, 4.69) is 15.6 Å². The first-order valence-corrected chi connectivity index (χ1v) is 9.42. The van der Waals surface area contributed by atoms with Crippen LogP contribution in [0.15, 0.2) is 72.1 Å². The molecule has 0 saturated heterocycles. The molecule has 0 radical (unpaired) electrons. The Bertz CT molecular complexity index is 997. The normalized spacial score (nSPS) is 15.5. The van der Waals surface area contributed by atoms with Crippen molar-refractivity contribution in [2.75, 3.05) is 7.11 Å². The molecule has 29 heavy (non-hydrogen) atoms. The fourth-order valence-electron chi connectivity index (χ4n) is 3.18. The van der Waals surface area contributed by atoms with Gasteiger partial charge in [-0.25, -0.2) is 4.68 Å². The van der Waals surface area contributed by atoms with Crippen LogP contribution in [0.5, 0.6) is 5.75 Å². The molecule has 0 spiro atoms. The van der Waals surface area contributed by atoms with E-state index in [1.54, 1.807) is 18.0 Å². The van der Waals surface area contributed by atoms with Crippen LogP contribution in [0.25, 0.3) is 5.69 Å². The number of nitrogens with one attached hydrogen (secondary N) is 1. The Labute approximate surface area is 168 Å². The third kappa shape index (κ3) is 4.63. The van der Waals surface area contributed by atoms with E-state index in [0.717, 1.165) is 28.3 Å². The second-order valence-corrected chi connectivity index (χ2v) is 6.82. The minimum Gasteiger partial charge on any atom is -0.497 e. The summed E-state index contributed by atoms with van der Waals surface area (Å²) >= 11 is 0. The van der Waals surface area contributed by atoms with Crippen molar-refractivity contribution < 1.29 is 14.4 Å². The number of nitrogens with zero attached hydrogens (tertiary/aromatic N) is 3. The highest BCUT2D eigenvalue weighted by atomic mass is 16.6. The average molecular weight is 390 g/mol. The SMILES string of the molecule is COc1cccc(CC2=NO[C@H](C(=O)NCc3ccc(-n4cccn4)cc3)C2)c1. The fraction of sp³-hybridized carbons (Fsp3) is 0.227. The molecule has 1 aliphatic heterocycles. The Hall–Kier alpha value is -3.61. The second-order valence-electron chi connectivity index (χ2n) is 6.82. The third-order valence-electron chi connectivity index (χ3n) is 4.74. The molecule has 1 aromatic heterocycles. The van der Waals surface area contributed by atoms with Crippen molar-refractivity contribution in [1.82, 2.24) is 15.1 Å². The lowest BCUT2D eigenvalue weighted by Gasteiger charge is -2.10. The van der Waals surface area contributed by atoms with Crippen LogP contribution in [0.4, 0.5) is 0 Å². The van der Waals surface area contributed by atoms with Crippen LogP contribution >= 0.6 is 0 Å². The lowest BCUT2D eigenvalue weighted by molar-refractivity contribution is -0.131. The van der Waals surface area contributed by atoms with Gasteiger partial charge in [-0.2, -0.15) is 5.10 Å². The monoisotopic (exact) mass is 390 g/mol. The molecule has 4 rings (SSSR count). The minimum absolute atomic E-state index is 0.162. The van der Waals surface area contributed by atoms with Gasteiger partial charge in [0.2, 0.25) is 6.10 Å². The zero-order chi connectivity index (χ0) is 20.1. The molecule has 1 atom stereocenters. The van der Waals surface area contributed by atoms with Crippen molar-refractivity contribution in [3.05, 3.63) is 78.1 Å². The average Bonchev–Trinajstić information content (AvgIpc) is 3.45. The molecule has 7 heteroatoms. The van der Waals surface area contributed by atoms with Gasteiger partial charge >= 0.3 is 0 Å². The number of amides is 1. The number of benzene rings is 2. The lowest BCUT2D eigenvalue weighted by atomic mass is 10.0. The van der Waals surface area contributed by atoms with Crippen LogP contribution in [0, 0.1) is 0 Å². The molecular formula is C22H22N4O3. The summed E-state index contributed by atoms with van der Waals surface area (Å²) in [7, 11) is 1.64. The molecule has 0 bridgehead atoms. The number of methoxy groups -OCH3 is 1. The molecule has 7 nitrogen and oxygen atoms in total. The van der Waals surface area contributed by atoms with E-state index in [-0.39, 0.29) is 5.91 Å². The van der Waals surface area contributed by atoms with Crippen molar-refractivity contribution in [2.45, 2.75) is 25.5 Å². The largest absolute Gasteiger partial charge is 0.497 e. The van der Waals surface area contributed by atoms with Gasteiger partial charge in [0.05, 0.1) is 18.5 Å². The topological polar surface area (TPSA) is 77.7 Å². The molecule has 2 heterocycles. The highest BCUT2D eigenvalue weighted by molar-refractivity contribution is 5.93. The Morgan fingerprint density at radius 1 is 1.21 bits per heavy atom. The Morgan fingerprint density at radius 2 is 2.07 bits per heavy atom. The van der Waals surface area contributed by atoms with Gasteiger partial charge in [-0.05, 0) is 41.5 Å². The summed E-state index contributed by atoms with van der Waals surface area (Å²) in [6.45, 7) is 0.434. The van der Waals surface area contributed by atoms with E-state index < -0.39 is 6.10 Å². The summed E-state index contributed by atoms with van der Waals surface area (Å²) in [5.74, 6) is 0.639. The summed E-state index contributed by atoms with van der Waals surface area (Å²) in [5, 5.41) is 11.2. The number of rotatable bonds is 7. The molecule has 0 fully saturated rings. The maximum atomic E-state index is 12.4. The van der Waals surface area contributed by atoms with E-state index in [9.17, 15) is 4.79 Å². The van der Waals surface area contributed by atoms with Crippen molar-refractivity contribution in [3.8, 4) is 11.4 Å². The maximum absolute atomic E-state index is 12.4. The van der Waals surface area contributed by atoms with Gasteiger partial charge < -0.3 is 14.9 Å². The molecule has 0 aliphatic carbocycles. The van der Waals surface area contributed by atoms with E-state index in [1.807, 2.05) is 60.8 Å². The Balaban J connectivity index is 1.26. The van der Waals surface area contributed by atoms with Crippen LogP contribution in [0.3, 0.4) is 0 Å². The minimum atomic E-state index is -0.584. The summed E-state index contributed by atoms with van der Waals surface area (Å²) < 4.78 is 7.03. The fourth-order valence-corrected chi connectivity index (χ4v) is 3.18. The first-order chi connectivity index (χ1) is 14.2. The summed E-state index contributed by atoms with van der Waals surface area (Å²) in [4.78, 5) is 17.8. The summed E-state index contributed by atoms with van der Waals surface area (Å²) in [6.07, 6.45) is 4.16. The molecule has 3 aromatic rings. The van der Waals surface area contributed by atoms with E-state index >= 15 is 0 Å². The number of carbonyl (C=O) groups is 1. The van der Waals surface area contributed by atoms with E-state index in [0.29, 0.717) is 19.4 Å². The van der Waals surface area contributed by atoms with Gasteiger partial charge in [-0.3, -0.25) is 4.79 Å². The third-order valence-corrected chi connectivity index (χ3v) is 4.74. The van der Waals surface area contributed by atoms with E-state index in [1.165, 1.54) is 0 Å². The predicted molar refractivity (Wildman–Crippen MR) is 109 cm³/mol. The number of oxime groups is 1. The zero-order valence-electron chi connectivity index (χ0n) is 16.1. The highest BCUT2D eigenvalue weighted by Crippen LogP contribution is 2.18. The molecule has 0 unspecified atom stereocenters. The lowest BCUT2D eigenvalue weighted by Crippen LogP contribution is -2.34. The first-order valence-electron chi connectivity index (χ1n) is 9.42. The van der Waals surface area contributed by atoms with Gasteiger partial charge in [0, 0.05) is 31.8 Å². The number of aromatic nitrogens is 2. The summed E-state index contributed by atoms with van der Waals surface area (Å²) in [5.41, 5.74) is 3.90. The Kier molecular flexibility index (Phi) is 5.56. The van der Waals surface area contributed by atoms with Crippen LogP contribution in [-0.2, 0) is 22.6 Å². The number of carbonyl (C=O) groups excluding carboxylic acids is 1. The molecule has 2 aromatic carbocycles. The van der Waals surface area contributed by atoms with Gasteiger partial charge in [0.25, 0.3) is 5.91 Å². The van der Waals surface area contributed by atoms with Crippen molar-refractivity contribution in [2.24, 2.45) is 5.16 Å². The molecule has 1 aliphatic rings. The van der Waals surface area contributed by atoms with Crippen molar-refractivity contribution >= 4 is 11.6 Å². The van der Waals surface area contributed by atoms with Gasteiger partial charge in [-0.1, -0.05) is 29.4 Å². The molecule has 148 valence electrons. The Morgan fingerprint density at radius 3 is 2.83 bits per heavy atom. The van der Waals surface area contributed by atoms with E-state index in [4.69, 9.17) is 9.57 Å². The molecule has 1 amide bonds. The quantitative estimate of drug-likeness (QED) is 0.673. The standard InChI is InChI=1S/C22H22N4O3/c1-28-20-5-2-4-17(13-20)12-18-14-21(29-25-18)22(27)23-15-16-6-8-19(9-7-16)26-11-3-10-24-26/h2-11,13,21H,12,14-15H2,1H3,(H,23,27)/t21-/m0/s1. The smallest absolute Gasteiger partial charge is 0.264 e. The number of ether oxygens (including phenoxy) is 1. The highest BCUT2D eigenvalue weighted by Gasteiger charge is 2.27. The van der Waals surface area contributed by atoms with Crippen LogP contribution in [0.2, 0.25) is 0 Å². The van der Waals surface area contributed by atoms with Crippen molar-refractivity contribution in [3.63, 3.8) is 0 Å². The first kappa shape index (κ1) is 18.7. The molecule has 1 N–H and O–H groups in total. The zero-order valence-corrected chi connectivity index (χ0v) is 16.1. The molecule has 0 saturated carbocycles. The second kappa shape index (κ2) is 8.60. The number of hydrogen-bond donors (Lipinski definition) is 1. The molecular weight excluding hydrogens is 368 g/mol. The predicted octanol–water partition coefficient (Wildman–Crippen LogP) is 2.88. The van der Waals surface area contributed by atoms with Gasteiger partial charge in [-0.15, -0.1) is 0 Å². The summed E-state index contributed by atoms with van der Waals surface area (Å²) in [6, 6.07) is 17.6. The van der Waals surface area contributed by atoms with Crippen LogP contribution in [-0.4, -0.2) is 34.6 Å². The maximum Gasteiger partial charge on any atom is 0.264 e. The van der Waals surface area contributed by atoms with Gasteiger partial charge in [0.15, 0.2) is 0 Å². The van der Waals surface area contributed by atoms with Crippen molar-refractivity contribution in [1.29, 1.82) is 0 Å². The van der Waals surface area contributed by atoms with Gasteiger partial charge in [0.1, 0.15) is 5.75 Å².